The van der Waals surface area contributed by atoms with Crippen molar-refractivity contribution in [2.24, 2.45) is 0 Å². The molecule has 0 aliphatic carbocycles. The zero-order valence-corrected chi connectivity index (χ0v) is 10.6. The van der Waals surface area contributed by atoms with Gasteiger partial charge in [0.2, 0.25) is 15.9 Å². The first-order valence-electron chi connectivity index (χ1n) is 3.34. The molecule has 1 aromatic heterocycles. The maximum atomic E-state index is 5.32. The first-order valence-corrected chi connectivity index (χ1v) is 6.86. The van der Waals surface area contributed by atoms with Crippen LogP contribution in [0.3, 0.4) is 0 Å². The molecule has 0 spiro atoms. The second-order valence-electron chi connectivity index (χ2n) is 1.90. The highest BCUT2D eigenvalue weighted by Crippen LogP contribution is 2.27. The number of hydrogen-bond donors (Lipinski definition) is 0. The molecule has 0 saturated carbocycles. The minimum Gasteiger partial charge on any atom is -0.187 e. The van der Waals surface area contributed by atoms with Crippen LogP contribution >= 0.6 is 56.4 Å². The maximum Gasteiger partial charge on any atom is 0.227 e. The SMILES string of the molecule is C1=CSSC1.Clc1nc(Cl)nc(Cl)n1. The Bertz CT molecular complexity index is 278. The van der Waals surface area contributed by atoms with E-state index in [4.69, 9.17) is 34.8 Å². The number of nitrogens with zero attached hydrogens (tertiary/aromatic N) is 3. The molecular formula is C6H4Cl3N3S2. The number of hydrogen-bond acceptors (Lipinski definition) is 5. The summed E-state index contributed by atoms with van der Waals surface area (Å²) in [4.78, 5) is 10.4. The molecule has 0 unspecified atom stereocenters. The minimum atomic E-state index is 0.000000000000000444. The molecule has 0 saturated heterocycles. The normalized spacial score (nSPS) is 13.6. The van der Waals surface area contributed by atoms with Crippen molar-refractivity contribution in [2.75, 3.05) is 5.75 Å². The average molecular weight is 289 g/mol. The van der Waals surface area contributed by atoms with Crippen molar-refractivity contribution >= 4 is 56.4 Å². The third-order valence-corrected chi connectivity index (χ3v) is 3.36. The van der Waals surface area contributed by atoms with Crippen molar-refractivity contribution in [2.45, 2.75) is 0 Å². The zero-order valence-electron chi connectivity index (χ0n) is 6.65. The second kappa shape index (κ2) is 6.74. The molecule has 1 aliphatic heterocycles. The van der Waals surface area contributed by atoms with Gasteiger partial charge in [0, 0.05) is 5.75 Å². The van der Waals surface area contributed by atoms with Crippen LogP contribution in [0.5, 0.6) is 0 Å². The predicted molar refractivity (Wildman–Crippen MR) is 64.0 cm³/mol. The van der Waals surface area contributed by atoms with E-state index in [2.05, 4.69) is 26.4 Å². The highest BCUT2D eigenvalue weighted by atomic mass is 35.5. The Morgan fingerprint density at radius 2 is 1.50 bits per heavy atom. The summed E-state index contributed by atoms with van der Waals surface area (Å²) >= 11 is 16.0. The molecule has 0 fully saturated rings. The van der Waals surface area contributed by atoms with Crippen LogP contribution in [0.25, 0.3) is 0 Å². The van der Waals surface area contributed by atoms with Crippen LogP contribution in [0.4, 0.5) is 0 Å². The van der Waals surface area contributed by atoms with Gasteiger partial charge in [0.05, 0.1) is 0 Å². The molecule has 14 heavy (non-hydrogen) atoms. The fourth-order valence-electron chi connectivity index (χ4n) is 0.500. The Morgan fingerprint density at radius 1 is 1.00 bits per heavy atom. The van der Waals surface area contributed by atoms with E-state index in [1.165, 1.54) is 5.75 Å². The predicted octanol–water partition coefficient (Wildman–Crippen LogP) is 3.73. The largest absolute Gasteiger partial charge is 0.227 e. The minimum absolute atomic E-state index is 0.000000000000000444. The molecule has 76 valence electrons. The van der Waals surface area contributed by atoms with Crippen LogP contribution in [-0.4, -0.2) is 20.7 Å². The average Bonchev–Trinajstić information content (AvgIpc) is 2.56. The number of aromatic nitrogens is 3. The quantitative estimate of drug-likeness (QED) is 0.680. The van der Waals surface area contributed by atoms with Gasteiger partial charge in [-0.1, -0.05) is 27.7 Å². The second-order valence-corrected chi connectivity index (χ2v) is 5.23. The summed E-state index contributed by atoms with van der Waals surface area (Å²) in [7, 11) is 3.69. The van der Waals surface area contributed by atoms with Gasteiger partial charge >= 0.3 is 0 Å². The molecule has 0 N–H and O–H groups in total. The lowest BCUT2D eigenvalue weighted by molar-refractivity contribution is 1.05. The van der Waals surface area contributed by atoms with E-state index in [1.54, 1.807) is 0 Å². The fraction of sp³-hybridized carbons (Fsp3) is 0.167. The van der Waals surface area contributed by atoms with Gasteiger partial charge in [0.1, 0.15) is 0 Å². The lowest BCUT2D eigenvalue weighted by atomic mass is 10.8. The van der Waals surface area contributed by atoms with Crippen LogP contribution in [-0.2, 0) is 0 Å². The first kappa shape index (κ1) is 12.4. The lowest BCUT2D eigenvalue weighted by Gasteiger charge is -1.88. The van der Waals surface area contributed by atoms with Gasteiger partial charge in [0.15, 0.2) is 0 Å². The Labute approximate surface area is 104 Å². The van der Waals surface area contributed by atoms with Gasteiger partial charge in [-0.2, -0.15) is 15.0 Å². The standard InChI is InChI=1S/C3Cl3N3.C3H4S2/c4-1-7-2(5)9-3(6)8-1;1-2-4-5-3-1/h;1-2H,3H2. The van der Waals surface area contributed by atoms with Gasteiger partial charge in [-0.3, -0.25) is 0 Å². The lowest BCUT2D eigenvalue weighted by Crippen LogP contribution is -1.87. The Kier molecular flexibility index (Phi) is 5.96. The monoisotopic (exact) mass is 287 g/mol. The summed E-state index contributed by atoms with van der Waals surface area (Å²) < 4.78 is 0. The molecule has 0 amide bonds. The van der Waals surface area contributed by atoms with Gasteiger partial charge in [-0.25, -0.2) is 0 Å². The molecule has 0 atom stereocenters. The van der Waals surface area contributed by atoms with Crippen LogP contribution in [0.2, 0.25) is 15.9 Å². The molecule has 3 nitrogen and oxygen atoms in total. The third kappa shape index (κ3) is 5.26. The van der Waals surface area contributed by atoms with E-state index < -0.39 is 0 Å². The summed E-state index contributed by atoms with van der Waals surface area (Å²) in [6, 6.07) is 0. The number of halogens is 3. The third-order valence-electron chi connectivity index (χ3n) is 0.938. The van der Waals surface area contributed by atoms with Crippen molar-refractivity contribution in [1.82, 2.24) is 15.0 Å². The van der Waals surface area contributed by atoms with Gasteiger partial charge in [-0.05, 0) is 40.2 Å². The summed E-state index contributed by atoms with van der Waals surface area (Å²) in [5.74, 6) is 1.20. The molecule has 0 radical (unpaired) electrons. The smallest absolute Gasteiger partial charge is 0.187 e. The summed E-state index contributed by atoms with van der Waals surface area (Å²) in [5, 5.41) is 2.12. The van der Waals surface area contributed by atoms with Gasteiger partial charge < -0.3 is 0 Å². The van der Waals surface area contributed by atoms with Crippen molar-refractivity contribution in [3.05, 3.63) is 27.3 Å². The summed E-state index contributed by atoms with van der Waals surface area (Å²) in [6.45, 7) is 0. The molecular weight excluding hydrogens is 285 g/mol. The Hall–Kier alpha value is 0.320. The van der Waals surface area contributed by atoms with E-state index in [9.17, 15) is 0 Å². The summed E-state index contributed by atoms with van der Waals surface area (Å²) in [6.07, 6.45) is 2.16. The molecule has 2 heterocycles. The van der Waals surface area contributed by atoms with E-state index in [1.807, 2.05) is 21.6 Å². The number of rotatable bonds is 0. The van der Waals surface area contributed by atoms with Crippen molar-refractivity contribution in [3.8, 4) is 0 Å². The van der Waals surface area contributed by atoms with E-state index >= 15 is 0 Å². The summed E-state index contributed by atoms with van der Waals surface area (Å²) in [5.41, 5.74) is 0. The van der Waals surface area contributed by atoms with Crippen LogP contribution in [0, 0.1) is 0 Å². The van der Waals surface area contributed by atoms with Crippen molar-refractivity contribution in [1.29, 1.82) is 0 Å². The molecule has 8 heteroatoms. The Morgan fingerprint density at radius 3 is 1.71 bits per heavy atom. The van der Waals surface area contributed by atoms with E-state index in [0.717, 1.165) is 0 Å². The van der Waals surface area contributed by atoms with Crippen LogP contribution in [0.1, 0.15) is 0 Å². The van der Waals surface area contributed by atoms with Crippen molar-refractivity contribution < 1.29 is 0 Å². The van der Waals surface area contributed by atoms with E-state index in [0.29, 0.717) is 0 Å². The fourth-order valence-corrected chi connectivity index (χ4v) is 2.68. The molecule has 1 aromatic rings. The molecule has 1 aliphatic rings. The zero-order chi connectivity index (χ0) is 10.4. The first-order chi connectivity index (χ1) is 6.68. The maximum absolute atomic E-state index is 5.32. The van der Waals surface area contributed by atoms with Crippen LogP contribution < -0.4 is 0 Å². The van der Waals surface area contributed by atoms with Gasteiger partial charge in [-0.15, -0.1) is 0 Å². The van der Waals surface area contributed by atoms with E-state index in [-0.39, 0.29) is 15.9 Å². The highest BCUT2D eigenvalue weighted by Gasteiger charge is 1.97. The molecule has 2 rings (SSSR count). The van der Waals surface area contributed by atoms with Crippen molar-refractivity contribution in [3.63, 3.8) is 0 Å². The topological polar surface area (TPSA) is 38.7 Å². The van der Waals surface area contributed by atoms with Gasteiger partial charge in [0.25, 0.3) is 0 Å². The molecule has 0 bridgehead atoms. The molecule has 0 aromatic carbocycles. The Balaban J connectivity index is 0.000000165. The highest BCUT2D eigenvalue weighted by molar-refractivity contribution is 8.78. The van der Waals surface area contributed by atoms with Crippen LogP contribution in [0.15, 0.2) is 11.5 Å².